The van der Waals surface area contributed by atoms with E-state index in [0.717, 1.165) is 17.5 Å². The number of rotatable bonds is 8. The SMILES string of the molecule is CCc1ccccc1NC(=O)CNC(=O)COC(=O)Cc1ccc(Cl)cc1. The van der Waals surface area contributed by atoms with Crippen LogP contribution in [-0.2, 0) is 32.0 Å². The zero-order valence-electron chi connectivity index (χ0n) is 15.0. The van der Waals surface area contributed by atoms with Crippen molar-refractivity contribution in [2.75, 3.05) is 18.5 Å². The van der Waals surface area contributed by atoms with Crippen LogP contribution in [0.15, 0.2) is 48.5 Å². The first-order valence-electron chi connectivity index (χ1n) is 8.52. The van der Waals surface area contributed by atoms with E-state index < -0.39 is 18.5 Å². The molecule has 0 aromatic heterocycles. The molecule has 0 unspecified atom stereocenters. The average molecular weight is 389 g/mol. The van der Waals surface area contributed by atoms with Crippen LogP contribution in [0.25, 0.3) is 0 Å². The molecule has 0 spiro atoms. The van der Waals surface area contributed by atoms with Crippen molar-refractivity contribution >= 4 is 35.1 Å². The maximum atomic E-state index is 11.9. The number of anilines is 1. The fourth-order valence-electron chi connectivity index (χ4n) is 2.34. The number of esters is 1. The highest BCUT2D eigenvalue weighted by atomic mass is 35.5. The predicted octanol–water partition coefficient (Wildman–Crippen LogP) is 2.74. The molecule has 0 atom stereocenters. The standard InChI is InChI=1S/C20H21ClN2O4/c1-2-15-5-3-4-6-17(15)23-18(24)12-22-19(25)13-27-20(26)11-14-7-9-16(21)10-8-14/h3-10H,2,11-13H2,1H3,(H,22,25)(H,23,24). The van der Waals surface area contributed by atoms with Gasteiger partial charge in [0.05, 0.1) is 13.0 Å². The number of nitrogens with one attached hydrogen (secondary N) is 2. The van der Waals surface area contributed by atoms with Gasteiger partial charge >= 0.3 is 5.97 Å². The number of benzene rings is 2. The molecule has 0 bridgehead atoms. The third-order valence-electron chi connectivity index (χ3n) is 3.74. The van der Waals surface area contributed by atoms with Gasteiger partial charge in [-0.25, -0.2) is 0 Å². The number of hydrogen-bond acceptors (Lipinski definition) is 4. The molecule has 27 heavy (non-hydrogen) atoms. The summed E-state index contributed by atoms with van der Waals surface area (Å²) in [5.41, 5.74) is 2.46. The van der Waals surface area contributed by atoms with Gasteiger partial charge in [-0.05, 0) is 35.7 Å². The van der Waals surface area contributed by atoms with Gasteiger partial charge in [0, 0.05) is 10.7 Å². The highest BCUT2D eigenvalue weighted by molar-refractivity contribution is 6.30. The van der Waals surface area contributed by atoms with Crippen molar-refractivity contribution in [3.63, 3.8) is 0 Å². The van der Waals surface area contributed by atoms with Crippen molar-refractivity contribution in [2.24, 2.45) is 0 Å². The van der Waals surface area contributed by atoms with Gasteiger partial charge in [0.15, 0.2) is 6.61 Å². The Hall–Kier alpha value is -2.86. The first kappa shape index (κ1) is 20.5. The zero-order chi connectivity index (χ0) is 19.6. The summed E-state index contributed by atoms with van der Waals surface area (Å²) in [5, 5.41) is 5.74. The normalized spacial score (nSPS) is 10.1. The van der Waals surface area contributed by atoms with E-state index in [1.807, 2.05) is 25.1 Å². The lowest BCUT2D eigenvalue weighted by molar-refractivity contribution is -0.147. The van der Waals surface area contributed by atoms with Crippen molar-refractivity contribution in [3.8, 4) is 0 Å². The summed E-state index contributed by atoms with van der Waals surface area (Å²) in [7, 11) is 0. The second-order valence-corrected chi connectivity index (χ2v) is 6.24. The van der Waals surface area contributed by atoms with Gasteiger partial charge in [-0.15, -0.1) is 0 Å². The molecular weight excluding hydrogens is 368 g/mol. The first-order valence-corrected chi connectivity index (χ1v) is 8.90. The molecule has 0 fully saturated rings. The van der Waals surface area contributed by atoms with Gasteiger partial charge in [-0.1, -0.05) is 48.9 Å². The van der Waals surface area contributed by atoms with Crippen LogP contribution in [0.1, 0.15) is 18.1 Å². The Labute approximate surface area is 162 Å². The van der Waals surface area contributed by atoms with E-state index in [-0.39, 0.29) is 18.9 Å². The molecule has 0 saturated heterocycles. The molecule has 0 saturated carbocycles. The van der Waals surface area contributed by atoms with Gasteiger partial charge in [0.25, 0.3) is 5.91 Å². The maximum absolute atomic E-state index is 11.9. The van der Waals surface area contributed by atoms with E-state index in [1.165, 1.54) is 0 Å². The minimum Gasteiger partial charge on any atom is -0.455 e. The molecule has 2 aromatic carbocycles. The summed E-state index contributed by atoms with van der Waals surface area (Å²) < 4.78 is 4.91. The second-order valence-electron chi connectivity index (χ2n) is 5.80. The summed E-state index contributed by atoms with van der Waals surface area (Å²) in [6.07, 6.45) is 0.825. The van der Waals surface area contributed by atoms with Crippen molar-refractivity contribution in [3.05, 3.63) is 64.7 Å². The number of para-hydroxylation sites is 1. The molecule has 142 valence electrons. The summed E-state index contributed by atoms with van der Waals surface area (Å²) in [5.74, 6) is -1.43. The first-order chi connectivity index (χ1) is 13.0. The second kappa shape index (κ2) is 10.3. The molecule has 6 nitrogen and oxygen atoms in total. The quantitative estimate of drug-likeness (QED) is 0.681. The Balaban J connectivity index is 1.70. The van der Waals surface area contributed by atoms with Crippen molar-refractivity contribution in [1.29, 1.82) is 0 Å². The Bertz CT molecular complexity index is 806. The highest BCUT2D eigenvalue weighted by Crippen LogP contribution is 2.15. The van der Waals surface area contributed by atoms with E-state index in [4.69, 9.17) is 16.3 Å². The van der Waals surface area contributed by atoms with Gasteiger partial charge in [-0.3, -0.25) is 14.4 Å². The Morgan fingerprint density at radius 3 is 2.41 bits per heavy atom. The Morgan fingerprint density at radius 1 is 1.00 bits per heavy atom. The number of hydrogen-bond donors (Lipinski definition) is 2. The van der Waals surface area contributed by atoms with E-state index >= 15 is 0 Å². The molecule has 0 aliphatic carbocycles. The van der Waals surface area contributed by atoms with Gasteiger partial charge in [-0.2, -0.15) is 0 Å². The third-order valence-corrected chi connectivity index (χ3v) is 4.00. The molecule has 0 aliphatic rings. The fraction of sp³-hybridized carbons (Fsp3) is 0.250. The zero-order valence-corrected chi connectivity index (χ0v) is 15.7. The summed E-state index contributed by atoms with van der Waals surface area (Å²) in [6, 6.07) is 14.2. The van der Waals surface area contributed by atoms with E-state index in [9.17, 15) is 14.4 Å². The Kier molecular flexibility index (Phi) is 7.82. The molecule has 0 heterocycles. The van der Waals surface area contributed by atoms with Crippen LogP contribution in [0.4, 0.5) is 5.69 Å². The molecule has 2 rings (SSSR count). The summed E-state index contributed by atoms with van der Waals surface area (Å²) in [6.45, 7) is 1.35. The molecule has 2 N–H and O–H groups in total. The topological polar surface area (TPSA) is 84.5 Å². The minimum absolute atomic E-state index is 0.0404. The fourth-order valence-corrected chi connectivity index (χ4v) is 2.47. The number of ether oxygens (including phenoxy) is 1. The van der Waals surface area contributed by atoms with Gasteiger partial charge in [0.1, 0.15) is 0 Å². The van der Waals surface area contributed by atoms with Crippen LogP contribution < -0.4 is 10.6 Å². The van der Waals surface area contributed by atoms with Crippen LogP contribution in [0.5, 0.6) is 0 Å². The third kappa shape index (κ3) is 7.11. The van der Waals surface area contributed by atoms with Crippen molar-refractivity contribution in [1.82, 2.24) is 5.32 Å². The molecular formula is C20H21ClN2O4. The number of halogens is 1. The average Bonchev–Trinajstić information content (AvgIpc) is 2.67. The molecule has 2 amide bonds. The van der Waals surface area contributed by atoms with Gasteiger partial charge < -0.3 is 15.4 Å². The molecule has 0 aliphatic heterocycles. The monoisotopic (exact) mass is 388 g/mol. The number of carbonyl (C=O) groups is 3. The minimum atomic E-state index is -0.543. The lowest BCUT2D eigenvalue weighted by atomic mass is 10.1. The molecule has 7 heteroatoms. The largest absolute Gasteiger partial charge is 0.455 e. The van der Waals surface area contributed by atoms with Crippen LogP contribution >= 0.6 is 11.6 Å². The Morgan fingerprint density at radius 2 is 1.70 bits per heavy atom. The van der Waals surface area contributed by atoms with Crippen LogP contribution in [0.3, 0.4) is 0 Å². The number of carbonyl (C=O) groups excluding carboxylic acids is 3. The summed E-state index contributed by atoms with van der Waals surface area (Å²) in [4.78, 5) is 35.4. The van der Waals surface area contributed by atoms with Crippen LogP contribution in [0.2, 0.25) is 5.02 Å². The number of aryl methyl sites for hydroxylation is 1. The maximum Gasteiger partial charge on any atom is 0.310 e. The van der Waals surface area contributed by atoms with E-state index in [2.05, 4.69) is 10.6 Å². The predicted molar refractivity (Wildman–Crippen MR) is 104 cm³/mol. The lowest BCUT2D eigenvalue weighted by Gasteiger charge is -2.10. The number of amides is 2. The smallest absolute Gasteiger partial charge is 0.310 e. The van der Waals surface area contributed by atoms with Crippen LogP contribution in [-0.4, -0.2) is 30.9 Å². The van der Waals surface area contributed by atoms with E-state index in [1.54, 1.807) is 30.3 Å². The molecule has 2 aromatic rings. The van der Waals surface area contributed by atoms with E-state index in [0.29, 0.717) is 10.7 Å². The van der Waals surface area contributed by atoms with Crippen molar-refractivity contribution in [2.45, 2.75) is 19.8 Å². The lowest BCUT2D eigenvalue weighted by Crippen LogP contribution is -2.35. The van der Waals surface area contributed by atoms with Crippen molar-refractivity contribution < 1.29 is 19.1 Å². The highest BCUT2D eigenvalue weighted by Gasteiger charge is 2.11. The van der Waals surface area contributed by atoms with Crippen LogP contribution in [0, 0.1) is 0 Å². The molecule has 0 radical (unpaired) electrons. The summed E-state index contributed by atoms with van der Waals surface area (Å²) >= 11 is 5.78. The van der Waals surface area contributed by atoms with Gasteiger partial charge in [0.2, 0.25) is 5.91 Å².